The molecule has 0 spiro atoms. The van der Waals surface area contributed by atoms with E-state index in [1.54, 1.807) is 12.1 Å². The summed E-state index contributed by atoms with van der Waals surface area (Å²) in [6.45, 7) is 0. The molecular weight excluding hydrogens is 470 g/mol. The number of carboxylic acids is 1. The lowest BCUT2D eigenvalue weighted by atomic mass is 10.0. The van der Waals surface area contributed by atoms with Gasteiger partial charge in [-0.1, -0.05) is 54.6 Å². The molecule has 0 bridgehead atoms. The van der Waals surface area contributed by atoms with Crippen LogP contribution in [0.1, 0.15) is 33.2 Å². The molecular formula is C29H23N3O5. The zero-order chi connectivity index (χ0) is 25.9. The second-order valence-corrected chi connectivity index (χ2v) is 8.68. The van der Waals surface area contributed by atoms with Crippen LogP contribution in [0.2, 0.25) is 0 Å². The minimum absolute atomic E-state index is 0.0926. The Morgan fingerprint density at radius 2 is 1.49 bits per heavy atom. The molecule has 0 saturated heterocycles. The molecule has 1 aliphatic carbocycles. The maximum absolute atomic E-state index is 13.0. The lowest BCUT2D eigenvalue weighted by Crippen LogP contribution is -2.35. The molecule has 0 aliphatic heterocycles. The van der Waals surface area contributed by atoms with Gasteiger partial charge in [0.2, 0.25) is 0 Å². The van der Waals surface area contributed by atoms with Gasteiger partial charge in [-0.05, 0) is 59.5 Å². The Hall–Kier alpha value is -4.82. The Morgan fingerprint density at radius 3 is 2.11 bits per heavy atom. The summed E-state index contributed by atoms with van der Waals surface area (Å²) >= 11 is 0. The topological polar surface area (TPSA) is 135 Å². The molecule has 8 heteroatoms. The van der Waals surface area contributed by atoms with E-state index in [-0.39, 0.29) is 23.4 Å². The molecule has 184 valence electrons. The van der Waals surface area contributed by atoms with E-state index in [0.717, 1.165) is 22.3 Å². The number of phenols is 1. The number of esters is 1. The van der Waals surface area contributed by atoms with Crippen LogP contribution in [-0.4, -0.2) is 28.2 Å². The Bertz CT molecular complexity index is 1470. The molecule has 0 saturated carbocycles. The summed E-state index contributed by atoms with van der Waals surface area (Å²) in [4.78, 5) is 24.0. The second-order valence-electron chi connectivity index (χ2n) is 8.68. The van der Waals surface area contributed by atoms with Crippen LogP contribution >= 0.6 is 0 Å². The molecule has 4 aromatic carbocycles. The first kappa shape index (κ1) is 23.9. The molecule has 0 radical (unpaired) electrons. The predicted molar refractivity (Wildman–Crippen MR) is 137 cm³/mol. The number of hydrogen-bond acceptors (Lipinski definition) is 7. The number of azo groups is 1. The standard InChI is InChI=1S/C29H23N3O5/c30-24(29(36)37-27-22-7-3-1-5-20(22)21-6-2-4-8-23(21)27)15-17-9-14-26(33)25(16-17)32-31-19-12-10-18(11-13-19)28(34)35/h1-14,16,24,27,33H,15,30H2,(H,34,35). The Labute approximate surface area is 212 Å². The first-order valence-corrected chi connectivity index (χ1v) is 11.6. The van der Waals surface area contributed by atoms with Crippen LogP contribution in [0.5, 0.6) is 5.75 Å². The van der Waals surface area contributed by atoms with Gasteiger partial charge in [0.25, 0.3) is 0 Å². The zero-order valence-corrected chi connectivity index (χ0v) is 19.6. The van der Waals surface area contributed by atoms with Gasteiger partial charge >= 0.3 is 11.9 Å². The maximum atomic E-state index is 13.0. The van der Waals surface area contributed by atoms with E-state index in [1.807, 2.05) is 48.5 Å². The molecule has 8 nitrogen and oxygen atoms in total. The highest BCUT2D eigenvalue weighted by molar-refractivity contribution is 5.88. The number of hydrogen-bond donors (Lipinski definition) is 3. The van der Waals surface area contributed by atoms with Crippen LogP contribution < -0.4 is 5.73 Å². The third kappa shape index (κ3) is 4.96. The van der Waals surface area contributed by atoms with Crippen LogP contribution in [0.25, 0.3) is 11.1 Å². The SMILES string of the molecule is NC(Cc1ccc(O)c(N=Nc2ccc(C(=O)O)cc2)c1)C(=O)OC1c2ccccc2-c2ccccc21. The third-order valence-electron chi connectivity index (χ3n) is 6.20. The van der Waals surface area contributed by atoms with Gasteiger partial charge in [0.1, 0.15) is 17.5 Å². The average Bonchev–Trinajstić information content (AvgIpc) is 3.22. The van der Waals surface area contributed by atoms with E-state index in [1.165, 1.54) is 30.3 Å². The highest BCUT2D eigenvalue weighted by Crippen LogP contribution is 2.45. The molecule has 1 aliphatic rings. The van der Waals surface area contributed by atoms with Crippen LogP contribution in [0.4, 0.5) is 11.4 Å². The van der Waals surface area contributed by atoms with E-state index < -0.39 is 24.1 Å². The van der Waals surface area contributed by atoms with Crippen molar-refractivity contribution in [2.75, 3.05) is 0 Å². The number of ether oxygens (including phenoxy) is 1. The molecule has 1 unspecified atom stereocenters. The third-order valence-corrected chi connectivity index (χ3v) is 6.20. The monoisotopic (exact) mass is 493 g/mol. The number of carbonyl (C=O) groups is 2. The fourth-order valence-electron chi connectivity index (χ4n) is 4.34. The fraction of sp³-hybridized carbons (Fsp3) is 0.103. The summed E-state index contributed by atoms with van der Waals surface area (Å²) in [6, 6.07) is 25.3. The van der Waals surface area contributed by atoms with E-state index in [0.29, 0.717) is 11.3 Å². The summed E-state index contributed by atoms with van der Waals surface area (Å²) in [5.41, 5.74) is 11.6. The number of nitrogens with zero attached hydrogens (tertiary/aromatic N) is 2. The summed E-state index contributed by atoms with van der Waals surface area (Å²) in [6.07, 6.45) is -0.354. The summed E-state index contributed by atoms with van der Waals surface area (Å²) < 4.78 is 5.89. The molecule has 4 aromatic rings. The summed E-state index contributed by atoms with van der Waals surface area (Å²) in [5.74, 6) is -1.67. The molecule has 1 atom stereocenters. The smallest absolute Gasteiger partial charge is 0.335 e. The Morgan fingerprint density at radius 1 is 0.865 bits per heavy atom. The van der Waals surface area contributed by atoms with Crippen LogP contribution in [0.3, 0.4) is 0 Å². The minimum Gasteiger partial charge on any atom is -0.506 e. The zero-order valence-electron chi connectivity index (χ0n) is 19.6. The number of carbonyl (C=O) groups excluding carboxylic acids is 1. The van der Waals surface area contributed by atoms with Crippen LogP contribution in [0, 0.1) is 0 Å². The number of phenolic OH excluding ortho intramolecular Hbond substituents is 1. The molecule has 37 heavy (non-hydrogen) atoms. The van der Waals surface area contributed by atoms with Crippen molar-refractivity contribution in [1.82, 2.24) is 0 Å². The molecule has 5 rings (SSSR count). The van der Waals surface area contributed by atoms with E-state index in [9.17, 15) is 14.7 Å². The number of fused-ring (bicyclic) bond motifs is 3. The number of benzene rings is 4. The first-order valence-electron chi connectivity index (χ1n) is 11.6. The predicted octanol–water partition coefficient (Wildman–Crippen LogP) is 5.69. The fourth-order valence-corrected chi connectivity index (χ4v) is 4.34. The van der Waals surface area contributed by atoms with Gasteiger partial charge in [-0.2, -0.15) is 5.11 Å². The maximum Gasteiger partial charge on any atom is 0.335 e. The molecule has 0 fully saturated rings. The van der Waals surface area contributed by atoms with Gasteiger partial charge in [-0.3, -0.25) is 4.79 Å². The van der Waals surface area contributed by atoms with Crippen molar-refractivity contribution in [1.29, 1.82) is 0 Å². The number of carboxylic acid groups (broad SMARTS) is 1. The van der Waals surface area contributed by atoms with Gasteiger partial charge in [0.15, 0.2) is 6.10 Å². The number of aromatic hydroxyl groups is 1. The van der Waals surface area contributed by atoms with Crippen molar-refractivity contribution in [3.8, 4) is 16.9 Å². The Kier molecular flexibility index (Phi) is 6.49. The molecule has 0 heterocycles. The van der Waals surface area contributed by atoms with E-state index in [4.69, 9.17) is 15.6 Å². The van der Waals surface area contributed by atoms with Crippen molar-refractivity contribution in [3.63, 3.8) is 0 Å². The minimum atomic E-state index is -1.04. The average molecular weight is 494 g/mol. The molecule has 4 N–H and O–H groups in total. The summed E-state index contributed by atoms with van der Waals surface area (Å²) in [5, 5.41) is 27.3. The van der Waals surface area contributed by atoms with Gasteiger partial charge in [0, 0.05) is 11.1 Å². The van der Waals surface area contributed by atoms with Crippen LogP contribution in [0.15, 0.2) is 101 Å². The highest BCUT2D eigenvalue weighted by Gasteiger charge is 2.32. The lowest BCUT2D eigenvalue weighted by molar-refractivity contribution is -0.149. The lowest BCUT2D eigenvalue weighted by Gasteiger charge is -2.18. The van der Waals surface area contributed by atoms with Crippen molar-refractivity contribution in [2.24, 2.45) is 16.0 Å². The van der Waals surface area contributed by atoms with E-state index >= 15 is 0 Å². The second kappa shape index (κ2) is 10.0. The van der Waals surface area contributed by atoms with Crippen molar-refractivity contribution in [3.05, 3.63) is 113 Å². The van der Waals surface area contributed by atoms with Crippen molar-refractivity contribution < 1.29 is 24.5 Å². The van der Waals surface area contributed by atoms with Crippen molar-refractivity contribution >= 4 is 23.3 Å². The molecule has 0 amide bonds. The van der Waals surface area contributed by atoms with E-state index in [2.05, 4.69) is 10.2 Å². The number of rotatable bonds is 7. The largest absolute Gasteiger partial charge is 0.506 e. The van der Waals surface area contributed by atoms with Crippen LogP contribution in [-0.2, 0) is 16.0 Å². The molecule has 0 aromatic heterocycles. The van der Waals surface area contributed by atoms with Gasteiger partial charge < -0.3 is 20.7 Å². The Balaban J connectivity index is 1.29. The normalized spacial score (nSPS) is 13.2. The van der Waals surface area contributed by atoms with Gasteiger partial charge in [0.05, 0.1) is 11.3 Å². The van der Waals surface area contributed by atoms with Gasteiger partial charge in [-0.15, -0.1) is 5.11 Å². The number of nitrogens with two attached hydrogens (primary N) is 1. The highest BCUT2D eigenvalue weighted by atomic mass is 16.5. The first-order chi connectivity index (χ1) is 17.9. The quantitative estimate of drug-likeness (QED) is 0.224. The van der Waals surface area contributed by atoms with Gasteiger partial charge in [-0.25, -0.2) is 4.79 Å². The van der Waals surface area contributed by atoms with Crippen molar-refractivity contribution in [2.45, 2.75) is 18.6 Å². The summed E-state index contributed by atoms with van der Waals surface area (Å²) in [7, 11) is 0. The number of aromatic carboxylic acids is 1.